The summed E-state index contributed by atoms with van der Waals surface area (Å²) in [4.78, 5) is 19.1. The van der Waals surface area contributed by atoms with Crippen LogP contribution < -0.4 is 15.0 Å². The van der Waals surface area contributed by atoms with Crippen molar-refractivity contribution in [1.82, 2.24) is 14.6 Å². The second-order valence-electron chi connectivity index (χ2n) is 7.36. The van der Waals surface area contributed by atoms with Crippen molar-refractivity contribution in [3.63, 3.8) is 0 Å². The van der Waals surface area contributed by atoms with E-state index in [2.05, 4.69) is 15.4 Å². The van der Waals surface area contributed by atoms with E-state index in [0.29, 0.717) is 29.5 Å². The number of aromatic nitrogens is 3. The Kier molecular flexibility index (Phi) is 6.30. The minimum Gasteiger partial charge on any atom is -0.506 e. The first kappa shape index (κ1) is 21.9. The number of anilines is 3. The largest absolute Gasteiger partial charge is 0.506 e. The van der Waals surface area contributed by atoms with Gasteiger partial charge in [0.25, 0.3) is 0 Å². The van der Waals surface area contributed by atoms with Gasteiger partial charge in [-0.15, -0.1) is 0 Å². The van der Waals surface area contributed by atoms with E-state index < -0.39 is 5.97 Å². The molecule has 0 unspecified atom stereocenters. The Labute approximate surface area is 191 Å². The van der Waals surface area contributed by atoms with Crippen molar-refractivity contribution in [2.24, 2.45) is 0 Å². The van der Waals surface area contributed by atoms with E-state index >= 15 is 0 Å². The molecule has 2 aromatic carbocycles. The first-order valence-electron chi connectivity index (χ1n) is 10.4. The van der Waals surface area contributed by atoms with Crippen LogP contribution in [0.3, 0.4) is 0 Å². The second-order valence-corrected chi connectivity index (χ2v) is 7.36. The maximum Gasteiger partial charge on any atom is 0.343 e. The molecule has 0 radical (unpaired) electrons. The van der Waals surface area contributed by atoms with Gasteiger partial charge in [-0.05, 0) is 36.8 Å². The van der Waals surface area contributed by atoms with Gasteiger partial charge in [0.2, 0.25) is 0 Å². The van der Waals surface area contributed by atoms with Crippen LogP contribution in [0.5, 0.6) is 11.5 Å². The van der Waals surface area contributed by atoms with E-state index in [1.807, 2.05) is 42.3 Å². The van der Waals surface area contributed by atoms with Crippen LogP contribution in [0.1, 0.15) is 22.8 Å². The van der Waals surface area contributed by atoms with Crippen LogP contribution in [0.2, 0.25) is 0 Å². The van der Waals surface area contributed by atoms with Gasteiger partial charge in [-0.25, -0.2) is 9.78 Å². The molecule has 33 heavy (non-hydrogen) atoms. The normalized spacial score (nSPS) is 10.8. The number of para-hydroxylation sites is 2. The van der Waals surface area contributed by atoms with Crippen molar-refractivity contribution in [1.29, 1.82) is 0 Å². The highest BCUT2D eigenvalue weighted by Gasteiger charge is 2.20. The van der Waals surface area contributed by atoms with Gasteiger partial charge in [0, 0.05) is 19.7 Å². The fourth-order valence-corrected chi connectivity index (χ4v) is 3.44. The number of ether oxygens (including phenoxy) is 2. The predicted molar refractivity (Wildman–Crippen MR) is 125 cm³/mol. The molecular weight excluding hydrogens is 422 g/mol. The van der Waals surface area contributed by atoms with Crippen LogP contribution in [0.15, 0.2) is 60.8 Å². The number of hydrogen-bond donors (Lipinski definition) is 2. The lowest BCUT2D eigenvalue weighted by Gasteiger charge is -2.21. The molecule has 0 fully saturated rings. The number of hydrogen-bond acceptors (Lipinski definition) is 8. The van der Waals surface area contributed by atoms with Crippen molar-refractivity contribution in [3.8, 4) is 11.5 Å². The Morgan fingerprint density at radius 1 is 1.18 bits per heavy atom. The summed E-state index contributed by atoms with van der Waals surface area (Å²) >= 11 is 0. The number of esters is 1. The van der Waals surface area contributed by atoms with Crippen molar-refractivity contribution in [3.05, 3.63) is 71.9 Å². The minimum atomic E-state index is -0.497. The first-order valence-corrected chi connectivity index (χ1v) is 10.4. The van der Waals surface area contributed by atoms with E-state index in [-0.39, 0.29) is 17.9 Å². The summed E-state index contributed by atoms with van der Waals surface area (Å²) in [7, 11) is 3.56. The third-order valence-electron chi connectivity index (χ3n) is 5.09. The summed E-state index contributed by atoms with van der Waals surface area (Å²) in [5.74, 6) is 1.53. The first-order chi connectivity index (χ1) is 16.0. The van der Waals surface area contributed by atoms with Gasteiger partial charge in [-0.2, -0.15) is 9.61 Å². The molecule has 2 heterocycles. The zero-order valence-corrected chi connectivity index (χ0v) is 18.6. The second kappa shape index (κ2) is 9.47. The van der Waals surface area contributed by atoms with Gasteiger partial charge in [-0.3, -0.25) is 0 Å². The summed E-state index contributed by atoms with van der Waals surface area (Å²) in [6, 6.07) is 16.5. The van der Waals surface area contributed by atoms with Gasteiger partial charge >= 0.3 is 5.97 Å². The number of phenolic OH excluding ortho intramolecular Hbond substituents is 1. The molecule has 2 N–H and O–H groups in total. The van der Waals surface area contributed by atoms with Crippen LogP contribution in [-0.2, 0) is 11.3 Å². The molecule has 4 aromatic rings. The molecule has 9 nitrogen and oxygen atoms in total. The molecule has 0 aliphatic rings. The van der Waals surface area contributed by atoms with Gasteiger partial charge in [0.05, 0.1) is 25.6 Å². The zero-order chi connectivity index (χ0) is 23.4. The van der Waals surface area contributed by atoms with E-state index in [1.165, 1.54) is 6.20 Å². The summed E-state index contributed by atoms with van der Waals surface area (Å²) in [6.07, 6.45) is 1.45. The van der Waals surface area contributed by atoms with E-state index in [0.717, 1.165) is 11.3 Å². The quantitative estimate of drug-likeness (QED) is 0.309. The Hall–Kier alpha value is -4.27. The highest BCUT2D eigenvalue weighted by atomic mass is 16.5. The lowest BCUT2D eigenvalue weighted by atomic mass is 10.2. The fraction of sp³-hybridized carbons (Fsp3) is 0.208. The van der Waals surface area contributed by atoms with Crippen LogP contribution in [-0.4, -0.2) is 46.4 Å². The summed E-state index contributed by atoms with van der Waals surface area (Å²) < 4.78 is 12.0. The van der Waals surface area contributed by atoms with Crippen LogP contribution in [0.25, 0.3) is 5.65 Å². The number of nitrogens with one attached hydrogen (secondary N) is 1. The maximum absolute atomic E-state index is 12.5. The topological polar surface area (TPSA) is 101 Å². The molecule has 0 aliphatic heterocycles. The van der Waals surface area contributed by atoms with E-state index in [4.69, 9.17) is 9.47 Å². The number of rotatable bonds is 8. The van der Waals surface area contributed by atoms with E-state index in [9.17, 15) is 9.90 Å². The molecular formula is C24H25N5O4. The molecule has 170 valence electrons. The number of benzene rings is 2. The van der Waals surface area contributed by atoms with Gasteiger partial charge in [0.1, 0.15) is 28.7 Å². The zero-order valence-electron chi connectivity index (χ0n) is 18.6. The number of aromatic hydroxyl groups is 1. The minimum absolute atomic E-state index is 0.0893. The molecule has 0 amide bonds. The number of carbonyl (C=O) groups excluding carboxylic acids is 1. The van der Waals surface area contributed by atoms with Crippen molar-refractivity contribution >= 4 is 28.9 Å². The number of phenols is 1. The highest BCUT2D eigenvalue weighted by molar-refractivity contribution is 5.96. The van der Waals surface area contributed by atoms with E-state index in [1.54, 1.807) is 42.8 Å². The molecule has 0 saturated heterocycles. The van der Waals surface area contributed by atoms with Crippen molar-refractivity contribution < 1.29 is 19.4 Å². The van der Waals surface area contributed by atoms with Gasteiger partial charge in [0.15, 0.2) is 5.65 Å². The third kappa shape index (κ3) is 4.67. The monoisotopic (exact) mass is 447 g/mol. The molecule has 0 aliphatic carbocycles. The number of carbonyl (C=O) groups is 1. The summed E-state index contributed by atoms with van der Waals surface area (Å²) in [6.45, 7) is 2.57. The average Bonchev–Trinajstić information content (AvgIpc) is 3.25. The highest BCUT2D eigenvalue weighted by Crippen LogP contribution is 2.29. The molecule has 4 rings (SSSR count). The van der Waals surface area contributed by atoms with Crippen LogP contribution in [0, 0.1) is 0 Å². The number of methoxy groups -OCH3 is 1. The lowest BCUT2D eigenvalue weighted by Crippen LogP contribution is -2.20. The smallest absolute Gasteiger partial charge is 0.343 e. The number of nitrogens with zero attached hydrogens (tertiary/aromatic N) is 4. The predicted octanol–water partition coefficient (Wildman–Crippen LogP) is 4.00. The SMILES string of the molecule is CCOC(=O)c1cnn2c(N(C)Cc3ccc(OC)cc3)cc(Nc3ccccc3O)nc12. The standard InChI is InChI=1S/C24H25N5O4/c1-4-33-24(31)18-14-25-29-22(28(2)15-16-9-11-17(32-3)12-10-16)13-21(27-23(18)29)26-19-7-5-6-8-20(19)30/h5-14,30H,4,15H2,1-3H3,(H,26,27). The third-order valence-corrected chi connectivity index (χ3v) is 5.09. The summed E-state index contributed by atoms with van der Waals surface area (Å²) in [5.41, 5.74) is 2.17. The Bertz CT molecular complexity index is 1270. The summed E-state index contributed by atoms with van der Waals surface area (Å²) in [5, 5.41) is 17.7. The Morgan fingerprint density at radius 3 is 2.64 bits per heavy atom. The Balaban J connectivity index is 1.75. The Morgan fingerprint density at radius 2 is 1.94 bits per heavy atom. The van der Waals surface area contributed by atoms with Crippen LogP contribution >= 0.6 is 0 Å². The van der Waals surface area contributed by atoms with Crippen molar-refractivity contribution in [2.45, 2.75) is 13.5 Å². The average molecular weight is 447 g/mol. The molecule has 9 heteroatoms. The maximum atomic E-state index is 12.5. The molecule has 2 aromatic heterocycles. The molecule has 0 bridgehead atoms. The van der Waals surface area contributed by atoms with Crippen molar-refractivity contribution in [2.75, 3.05) is 31.0 Å². The van der Waals surface area contributed by atoms with Crippen LogP contribution in [0.4, 0.5) is 17.3 Å². The van der Waals surface area contributed by atoms with Gasteiger partial charge in [-0.1, -0.05) is 24.3 Å². The van der Waals surface area contributed by atoms with Gasteiger partial charge < -0.3 is 24.8 Å². The fourth-order valence-electron chi connectivity index (χ4n) is 3.44. The molecule has 0 atom stereocenters. The lowest BCUT2D eigenvalue weighted by molar-refractivity contribution is 0.0528. The molecule has 0 spiro atoms. The molecule has 0 saturated carbocycles. The number of fused-ring (bicyclic) bond motifs is 1.